The van der Waals surface area contributed by atoms with Gasteiger partial charge in [-0.25, -0.2) is 4.98 Å². The van der Waals surface area contributed by atoms with E-state index < -0.39 is 5.54 Å². The molecule has 2 aliphatic rings. The summed E-state index contributed by atoms with van der Waals surface area (Å²) in [4.78, 5) is 34.5. The van der Waals surface area contributed by atoms with Gasteiger partial charge >= 0.3 is 18.1 Å². The second-order valence-electron chi connectivity index (χ2n) is 8.82. The quantitative estimate of drug-likeness (QED) is 0.688. The van der Waals surface area contributed by atoms with Crippen LogP contribution in [-0.4, -0.2) is 87.3 Å². The first-order chi connectivity index (χ1) is 15.2. The van der Waals surface area contributed by atoms with Gasteiger partial charge in [0.25, 0.3) is 5.91 Å². The lowest BCUT2D eigenvalue weighted by Gasteiger charge is -2.46. The average Bonchev–Trinajstić information content (AvgIpc) is 2.76. The van der Waals surface area contributed by atoms with Crippen LogP contribution in [0.25, 0.3) is 0 Å². The zero-order chi connectivity index (χ0) is 23.0. The van der Waals surface area contributed by atoms with Crippen LogP contribution in [0.15, 0.2) is 42.5 Å². The van der Waals surface area contributed by atoms with Crippen molar-refractivity contribution in [3.63, 3.8) is 0 Å². The van der Waals surface area contributed by atoms with Crippen molar-refractivity contribution in [1.82, 2.24) is 14.8 Å². The second-order valence-corrected chi connectivity index (χ2v) is 8.82. The first-order valence-electron chi connectivity index (χ1n) is 10.6. The maximum Gasteiger partial charge on any atom is 0.525 e. The van der Waals surface area contributed by atoms with Crippen LogP contribution in [0.3, 0.4) is 0 Å². The molecule has 4 rings (SSSR count). The number of pyridine rings is 1. The molecule has 1 aromatic heterocycles. The lowest BCUT2D eigenvalue weighted by molar-refractivity contribution is -0.547. The minimum atomic E-state index is -0.536. The largest absolute Gasteiger partial charge is 0.525 e. The fourth-order valence-electron chi connectivity index (χ4n) is 4.25. The highest BCUT2D eigenvalue weighted by Gasteiger charge is 2.51. The van der Waals surface area contributed by atoms with Crippen LogP contribution in [0.1, 0.15) is 29.9 Å². The zero-order valence-corrected chi connectivity index (χ0v) is 19.2. The number of amides is 2. The summed E-state index contributed by atoms with van der Waals surface area (Å²) < 4.78 is 8.91. The van der Waals surface area contributed by atoms with Crippen LogP contribution in [0, 0.1) is 6.92 Å². The number of methoxy groups -OCH3 is 1. The van der Waals surface area contributed by atoms with Gasteiger partial charge in [-0.1, -0.05) is 22.8 Å². The van der Waals surface area contributed by atoms with Crippen LogP contribution in [0.4, 0.5) is 5.69 Å². The van der Waals surface area contributed by atoms with Crippen molar-refractivity contribution >= 4 is 29.7 Å². The van der Waals surface area contributed by atoms with Gasteiger partial charge in [-0.2, -0.15) is 0 Å². The molecule has 1 fully saturated rings. The minimum Gasteiger partial charge on any atom is -0.481 e. The number of hydrogen-bond donors (Lipinski definition) is 0. The molecule has 1 saturated heterocycles. The van der Waals surface area contributed by atoms with Crippen molar-refractivity contribution in [1.29, 1.82) is 0 Å². The molecule has 0 N–H and O–H groups in total. The Morgan fingerprint density at radius 3 is 2.50 bits per heavy atom. The smallest absolute Gasteiger partial charge is 0.481 e. The maximum absolute atomic E-state index is 13.6. The van der Waals surface area contributed by atoms with Gasteiger partial charge in [-0.3, -0.25) is 9.59 Å². The van der Waals surface area contributed by atoms with Crippen LogP contribution in [-0.2, 0) is 4.79 Å². The fraction of sp³-hybridized carbons (Fsp3) is 0.375. The summed E-state index contributed by atoms with van der Waals surface area (Å²) in [6.45, 7) is 7.32. The van der Waals surface area contributed by atoms with Gasteiger partial charge in [0.1, 0.15) is 5.69 Å². The Kier molecular flexibility index (Phi) is 5.54. The number of carbonyl (C=O) groups excluding carboxylic acids is 2. The topological polar surface area (TPSA) is 68.8 Å². The molecule has 0 saturated carbocycles. The Balaban J connectivity index is 1.54. The standard InChI is InChI=1S/C24H29N5O3/c1-17-8-6-9-18(14-17)28-16-26(4)21(28)23(31)29-13-12-27(15-24(29,2)3)22(30)19-10-7-11-20(25-19)32-5/h6-11,14,16H,12-13,15H2,1-5H3/q+2. The molecule has 166 valence electrons. The van der Waals surface area contributed by atoms with Gasteiger partial charge in [-0.15, -0.1) is 0 Å². The monoisotopic (exact) mass is 435 g/mol. The molecule has 0 atom stereocenters. The van der Waals surface area contributed by atoms with Crippen molar-refractivity contribution < 1.29 is 23.5 Å². The van der Waals surface area contributed by atoms with Crippen molar-refractivity contribution in [3.05, 3.63) is 53.7 Å². The molecule has 3 heterocycles. The molecule has 8 nitrogen and oxygen atoms in total. The first-order valence-corrected chi connectivity index (χ1v) is 10.6. The number of rotatable bonds is 4. The summed E-state index contributed by atoms with van der Waals surface area (Å²) in [5.74, 6) is 0.805. The number of carbonyl (C=O) groups is 2. The molecular weight excluding hydrogens is 406 g/mol. The fourth-order valence-corrected chi connectivity index (χ4v) is 4.25. The molecule has 0 aliphatic carbocycles. The number of ether oxygens (including phenoxy) is 1. The lowest BCUT2D eigenvalue weighted by Crippen LogP contribution is -2.65. The Morgan fingerprint density at radius 1 is 1.09 bits per heavy atom. The van der Waals surface area contributed by atoms with Gasteiger partial charge in [0.15, 0.2) is 7.05 Å². The normalized spacial score (nSPS) is 17.6. The molecule has 2 aliphatic heterocycles. The molecule has 2 aromatic rings. The summed E-state index contributed by atoms with van der Waals surface area (Å²) in [6, 6.07) is 13.2. The molecular formula is C24H29N5O3+2. The van der Waals surface area contributed by atoms with E-state index in [1.54, 1.807) is 23.1 Å². The van der Waals surface area contributed by atoms with Gasteiger partial charge < -0.3 is 14.5 Å². The van der Waals surface area contributed by atoms with E-state index in [1.165, 1.54) is 7.11 Å². The van der Waals surface area contributed by atoms with Gasteiger partial charge in [0.05, 0.1) is 12.6 Å². The summed E-state index contributed by atoms with van der Waals surface area (Å²) >= 11 is 0. The SMILES string of the molecule is COc1cccc(C(=O)N2CCN(C(=O)C3=[N+](c4cccc(C)c4)C=[N+]3C)C(C)(C)C2)n1. The van der Waals surface area contributed by atoms with E-state index in [-0.39, 0.29) is 11.8 Å². The molecule has 1 aromatic carbocycles. The zero-order valence-electron chi connectivity index (χ0n) is 19.2. The Labute approximate surface area is 188 Å². The van der Waals surface area contributed by atoms with E-state index in [9.17, 15) is 9.59 Å². The summed E-state index contributed by atoms with van der Waals surface area (Å²) in [7, 11) is 3.40. The molecule has 0 spiro atoms. The van der Waals surface area contributed by atoms with E-state index in [0.29, 0.717) is 37.0 Å². The van der Waals surface area contributed by atoms with E-state index in [0.717, 1.165) is 11.3 Å². The number of piperazine rings is 1. The summed E-state index contributed by atoms with van der Waals surface area (Å²) in [5, 5.41) is 0. The highest BCUT2D eigenvalue weighted by Crippen LogP contribution is 2.25. The van der Waals surface area contributed by atoms with Gasteiger partial charge in [0, 0.05) is 37.8 Å². The average molecular weight is 436 g/mol. The molecule has 0 bridgehead atoms. The van der Waals surface area contributed by atoms with Crippen LogP contribution >= 0.6 is 0 Å². The minimum absolute atomic E-state index is 0.0480. The van der Waals surface area contributed by atoms with E-state index in [1.807, 2.05) is 66.4 Å². The summed E-state index contributed by atoms with van der Waals surface area (Å²) in [6.07, 6.45) is 1.91. The second kappa shape index (κ2) is 8.18. The Bertz CT molecular complexity index is 1150. The highest BCUT2D eigenvalue weighted by molar-refractivity contribution is 6.34. The molecule has 2 amide bonds. The number of nitrogens with zero attached hydrogens (tertiary/aromatic N) is 5. The van der Waals surface area contributed by atoms with Crippen molar-refractivity contribution in [2.24, 2.45) is 0 Å². The third-order valence-electron chi connectivity index (χ3n) is 5.91. The van der Waals surface area contributed by atoms with Gasteiger partial charge in [-0.05, 0) is 37.0 Å². The molecule has 0 unspecified atom stereocenters. The first kappa shape index (κ1) is 21.7. The predicted octanol–water partition coefficient (Wildman–Crippen LogP) is 1.89. The Hall–Kier alpha value is -3.55. The number of benzene rings is 1. The predicted molar refractivity (Wildman–Crippen MR) is 121 cm³/mol. The van der Waals surface area contributed by atoms with E-state index in [4.69, 9.17) is 4.74 Å². The van der Waals surface area contributed by atoms with Crippen molar-refractivity contribution in [2.75, 3.05) is 33.8 Å². The number of likely N-dealkylation sites (N-methyl/N-ethyl adjacent to an activating group) is 1. The van der Waals surface area contributed by atoms with E-state index in [2.05, 4.69) is 11.1 Å². The van der Waals surface area contributed by atoms with E-state index >= 15 is 0 Å². The number of amidine groups is 1. The molecule has 8 heteroatoms. The van der Waals surface area contributed by atoms with Crippen LogP contribution in [0.2, 0.25) is 0 Å². The van der Waals surface area contributed by atoms with Crippen molar-refractivity contribution in [3.8, 4) is 5.88 Å². The number of aryl methyl sites for hydroxylation is 1. The van der Waals surface area contributed by atoms with Crippen molar-refractivity contribution in [2.45, 2.75) is 26.3 Å². The molecule has 32 heavy (non-hydrogen) atoms. The number of aromatic nitrogens is 1. The maximum atomic E-state index is 13.6. The summed E-state index contributed by atoms with van der Waals surface area (Å²) in [5.41, 5.74) is 1.90. The highest BCUT2D eigenvalue weighted by atomic mass is 16.5. The lowest BCUT2D eigenvalue weighted by atomic mass is 9.97. The van der Waals surface area contributed by atoms with Crippen LogP contribution < -0.4 is 4.74 Å². The number of hydrogen-bond acceptors (Lipinski definition) is 4. The van der Waals surface area contributed by atoms with Crippen LogP contribution in [0.5, 0.6) is 5.88 Å². The third kappa shape index (κ3) is 3.88. The van der Waals surface area contributed by atoms with Gasteiger partial charge in [0.2, 0.25) is 11.6 Å². The Morgan fingerprint density at radius 2 is 1.84 bits per heavy atom. The third-order valence-corrected chi connectivity index (χ3v) is 5.91. The molecule has 0 radical (unpaired) electrons.